The van der Waals surface area contributed by atoms with Gasteiger partial charge in [-0.3, -0.25) is 0 Å². The Morgan fingerprint density at radius 1 is 0.850 bits per heavy atom. The van der Waals surface area contributed by atoms with Crippen LogP contribution in [0.5, 0.6) is 0 Å². The minimum atomic E-state index is -0.191. The molecule has 1 atom stereocenters. The number of rotatable bonds is 1. The van der Waals surface area contributed by atoms with Crippen molar-refractivity contribution in [3.8, 4) is 11.3 Å². The highest BCUT2D eigenvalue weighted by atomic mass is 19.1. The lowest BCUT2D eigenvalue weighted by molar-refractivity contribution is 0.607. The molecule has 0 spiro atoms. The molecule has 2 nitrogen and oxygen atoms in total. The van der Waals surface area contributed by atoms with Gasteiger partial charge in [0.05, 0.1) is 5.69 Å². The molecule has 20 heavy (non-hydrogen) atoms. The van der Waals surface area contributed by atoms with Crippen LogP contribution in [0.25, 0.3) is 11.3 Å². The van der Waals surface area contributed by atoms with Crippen molar-refractivity contribution >= 4 is 0 Å². The fourth-order valence-electron chi connectivity index (χ4n) is 2.95. The maximum Gasteiger partial charge on any atom is 0.127 e. The lowest BCUT2D eigenvalue weighted by atomic mass is 9.90. The van der Waals surface area contributed by atoms with Crippen molar-refractivity contribution in [2.24, 2.45) is 0 Å². The lowest BCUT2D eigenvalue weighted by Gasteiger charge is -2.14. The Hall–Kier alpha value is -2.55. The molecule has 1 aliphatic carbocycles. The van der Waals surface area contributed by atoms with E-state index in [1.165, 1.54) is 6.07 Å². The summed E-state index contributed by atoms with van der Waals surface area (Å²) in [5.74, 6) is -0.312. The molecular weight excluding hydrogens is 251 g/mol. The summed E-state index contributed by atoms with van der Waals surface area (Å²) in [4.78, 5) is 8.48. The van der Waals surface area contributed by atoms with Crippen LogP contribution >= 0.6 is 0 Å². The van der Waals surface area contributed by atoms with E-state index in [9.17, 15) is 4.39 Å². The summed E-state index contributed by atoms with van der Waals surface area (Å²) in [7, 11) is 0. The zero-order valence-corrected chi connectivity index (χ0v) is 10.6. The number of aromatic nitrogens is 2. The second-order valence-electron chi connectivity index (χ2n) is 4.87. The van der Waals surface area contributed by atoms with Gasteiger partial charge in [-0.15, -0.1) is 0 Å². The van der Waals surface area contributed by atoms with Gasteiger partial charge in [-0.25, -0.2) is 14.4 Å². The largest absolute Gasteiger partial charge is 0.244 e. The van der Waals surface area contributed by atoms with E-state index in [2.05, 4.69) is 9.97 Å². The third-order valence-electron chi connectivity index (χ3n) is 3.79. The molecule has 0 N–H and O–H groups in total. The summed E-state index contributed by atoms with van der Waals surface area (Å²) in [5, 5.41) is 0. The molecule has 1 aromatic heterocycles. The monoisotopic (exact) mass is 262 g/mol. The number of hydrogen-bond donors (Lipinski definition) is 0. The van der Waals surface area contributed by atoms with Gasteiger partial charge in [-0.1, -0.05) is 42.5 Å². The van der Waals surface area contributed by atoms with E-state index in [0.717, 1.165) is 22.4 Å². The molecule has 3 aromatic rings. The van der Waals surface area contributed by atoms with E-state index in [1.54, 1.807) is 18.6 Å². The molecule has 3 heteroatoms. The van der Waals surface area contributed by atoms with Gasteiger partial charge in [0, 0.05) is 23.2 Å². The van der Waals surface area contributed by atoms with Gasteiger partial charge in [-0.05, 0) is 17.2 Å². The van der Waals surface area contributed by atoms with Gasteiger partial charge in [0.1, 0.15) is 12.1 Å². The van der Waals surface area contributed by atoms with Crippen LogP contribution in [0, 0.1) is 5.82 Å². The fraction of sp³-hybridized carbons (Fsp3) is 0.0588. The molecule has 1 heterocycles. The first kappa shape index (κ1) is 11.3. The highest BCUT2D eigenvalue weighted by Gasteiger charge is 2.32. The van der Waals surface area contributed by atoms with Gasteiger partial charge in [0.15, 0.2) is 0 Å². The minimum Gasteiger partial charge on any atom is -0.244 e. The van der Waals surface area contributed by atoms with Crippen molar-refractivity contribution in [2.45, 2.75) is 5.92 Å². The Morgan fingerprint density at radius 2 is 1.60 bits per heavy atom. The predicted molar refractivity (Wildman–Crippen MR) is 74.8 cm³/mol. The SMILES string of the molecule is Fc1ccccc1C1c2ccccc2-c2ncncc21. The molecule has 2 aromatic carbocycles. The summed E-state index contributed by atoms with van der Waals surface area (Å²) in [5.41, 5.74) is 4.71. The Labute approximate surface area is 116 Å². The van der Waals surface area contributed by atoms with Crippen molar-refractivity contribution in [3.63, 3.8) is 0 Å². The Kier molecular flexibility index (Phi) is 2.39. The van der Waals surface area contributed by atoms with Crippen LogP contribution < -0.4 is 0 Å². The highest BCUT2D eigenvalue weighted by Crippen LogP contribution is 2.46. The topological polar surface area (TPSA) is 25.8 Å². The maximum absolute atomic E-state index is 14.2. The molecule has 0 radical (unpaired) electrons. The second-order valence-corrected chi connectivity index (χ2v) is 4.87. The Balaban J connectivity index is 2.03. The van der Waals surface area contributed by atoms with E-state index in [4.69, 9.17) is 0 Å². The second kappa shape index (κ2) is 4.23. The summed E-state index contributed by atoms with van der Waals surface area (Å²) < 4.78 is 14.2. The average Bonchev–Trinajstić information content (AvgIpc) is 2.83. The van der Waals surface area contributed by atoms with Crippen LogP contribution in [0.15, 0.2) is 61.1 Å². The molecule has 0 saturated carbocycles. The van der Waals surface area contributed by atoms with Gasteiger partial charge >= 0.3 is 0 Å². The third kappa shape index (κ3) is 1.50. The number of hydrogen-bond acceptors (Lipinski definition) is 2. The summed E-state index contributed by atoms with van der Waals surface area (Å²) in [6.45, 7) is 0. The molecule has 1 aliphatic rings. The summed E-state index contributed by atoms with van der Waals surface area (Å²) in [6.07, 6.45) is 3.33. The number of benzene rings is 2. The molecule has 0 aliphatic heterocycles. The third-order valence-corrected chi connectivity index (χ3v) is 3.79. The molecule has 0 saturated heterocycles. The van der Waals surface area contributed by atoms with Crippen molar-refractivity contribution in [2.75, 3.05) is 0 Å². The average molecular weight is 262 g/mol. The van der Waals surface area contributed by atoms with Gasteiger partial charge in [0.2, 0.25) is 0 Å². The van der Waals surface area contributed by atoms with Gasteiger partial charge < -0.3 is 0 Å². The van der Waals surface area contributed by atoms with E-state index in [-0.39, 0.29) is 11.7 Å². The van der Waals surface area contributed by atoms with Crippen LogP contribution in [0.1, 0.15) is 22.6 Å². The minimum absolute atomic E-state index is 0.122. The van der Waals surface area contributed by atoms with Crippen LogP contribution in [0.2, 0.25) is 0 Å². The van der Waals surface area contributed by atoms with E-state index in [1.807, 2.05) is 36.4 Å². The molecule has 0 fully saturated rings. The first-order valence-electron chi connectivity index (χ1n) is 6.50. The smallest absolute Gasteiger partial charge is 0.127 e. The van der Waals surface area contributed by atoms with Crippen LogP contribution in [0.3, 0.4) is 0 Å². The number of nitrogens with zero attached hydrogens (tertiary/aromatic N) is 2. The van der Waals surface area contributed by atoms with Crippen molar-refractivity contribution in [1.29, 1.82) is 0 Å². The molecule has 1 unspecified atom stereocenters. The lowest BCUT2D eigenvalue weighted by Crippen LogP contribution is -2.02. The van der Waals surface area contributed by atoms with E-state index >= 15 is 0 Å². The molecule has 0 amide bonds. The van der Waals surface area contributed by atoms with E-state index in [0.29, 0.717) is 5.56 Å². The molecule has 4 rings (SSSR count). The van der Waals surface area contributed by atoms with Gasteiger partial charge in [0.25, 0.3) is 0 Å². The zero-order chi connectivity index (χ0) is 13.5. The first-order chi connectivity index (χ1) is 9.86. The number of halogens is 1. The standard InChI is InChI=1S/C17H11FN2/c18-15-8-4-3-7-13(15)16-11-5-1-2-6-12(11)17-14(16)9-19-10-20-17/h1-10,16H. The first-order valence-corrected chi connectivity index (χ1v) is 6.50. The quantitative estimate of drug-likeness (QED) is 0.521. The summed E-state index contributed by atoms with van der Waals surface area (Å²) in [6, 6.07) is 14.9. The van der Waals surface area contributed by atoms with Crippen LogP contribution in [-0.4, -0.2) is 9.97 Å². The normalized spacial score (nSPS) is 15.8. The highest BCUT2D eigenvalue weighted by molar-refractivity contribution is 5.77. The zero-order valence-electron chi connectivity index (χ0n) is 10.6. The van der Waals surface area contributed by atoms with Crippen LogP contribution in [0.4, 0.5) is 4.39 Å². The van der Waals surface area contributed by atoms with Crippen molar-refractivity contribution in [3.05, 3.63) is 83.6 Å². The maximum atomic E-state index is 14.2. The number of fused-ring (bicyclic) bond motifs is 3. The van der Waals surface area contributed by atoms with Crippen molar-refractivity contribution in [1.82, 2.24) is 9.97 Å². The van der Waals surface area contributed by atoms with Crippen molar-refractivity contribution < 1.29 is 4.39 Å². The van der Waals surface area contributed by atoms with Gasteiger partial charge in [-0.2, -0.15) is 0 Å². The fourth-order valence-corrected chi connectivity index (χ4v) is 2.95. The molecular formula is C17H11FN2. The van der Waals surface area contributed by atoms with Crippen LogP contribution in [-0.2, 0) is 0 Å². The van der Waals surface area contributed by atoms with E-state index < -0.39 is 0 Å². The predicted octanol–water partition coefficient (Wildman–Crippen LogP) is 3.78. The summed E-state index contributed by atoms with van der Waals surface area (Å²) >= 11 is 0. The molecule has 0 bridgehead atoms. The molecule has 96 valence electrons. The Bertz CT molecular complexity index is 753. The Morgan fingerprint density at radius 3 is 2.45 bits per heavy atom.